The Morgan fingerprint density at radius 1 is 1.40 bits per heavy atom. The number of aromatic nitrogens is 1. The molecule has 104 valence electrons. The molecule has 2 N–H and O–H groups in total. The number of hydrogen-bond acceptors (Lipinski definition) is 3. The molecule has 0 radical (unpaired) electrons. The van der Waals surface area contributed by atoms with E-state index in [2.05, 4.69) is 10.3 Å². The minimum Gasteiger partial charge on any atom is -0.478 e. The molecule has 0 bridgehead atoms. The molecule has 0 fully saturated rings. The molecule has 20 heavy (non-hydrogen) atoms. The van der Waals surface area contributed by atoms with Crippen molar-refractivity contribution in [1.29, 1.82) is 0 Å². The topological polar surface area (TPSA) is 62.2 Å². The molecule has 2 rings (SSSR count). The molecule has 1 heterocycles. The number of nitrogens with zero attached hydrogens (tertiary/aromatic N) is 1. The molecule has 1 aromatic carbocycles. The van der Waals surface area contributed by atoms with Crippen LogP contribution in [-0.4, -0.2) is 16.1 Å². The molecular formula is C15H15ClN2O2. The summed E-state index contributed by atoms with van der Waals surface area (Å²) in [5.41, 5.74) is 2.46. The number of aryl methyl sites for hydroxylation is 1. The number of nitrogens with one attached hydrogen (secondary N) is 1. The summed E-state index contributed by atoms with van der Waals surface area (Å²) in [6, 6.07) is 9.13. The smallest absolute Gasteiger partial charge is 0.339 e. The van der Waals surface area contributed by atoms with Gasteiger partial charge in [-0.05, 0) is 37.6 Å². The van der Waals surface area contributed by atoms with Crippen LogP contribution in [0, 0.1) is 6.92 Å². The quantitative estimate of drug-likeness (QED) is 0.896. The van der Waals surface area contributed by atoms with Crippen LogP contribution < -0.4 is 5.32 Å². The standard InChI is InChI=1S/C15H15ClN2O2/c1-9-6-14(13(8-17-9)15(19)20)18-10(2)11-4-3-5-12(16)7-11/h3-8,10H,1-2H3,(H,17,18)(H,19,20). The lowest BCUT2D eigenvalue weighted by Gasteiger charge is -2.17. The minimum absolute atomic E-state index is 0.0615. The lowest BCUT2D eigenvalue weighted by molar-refractivity contribution is 0.0697. The number of carbonyl (C=O) groups is 1. The van der Waals surface area contributed by atoms with Crippen molar-refractivity contribution in [3.05, 3.63) is 58.4 Å². The van der Waals surface area contributed by atoms with E-state index in [1.807, 2.05) is 32.0 Å². The molecule has 4 nitrogen and oxygen atoms in total. The minimum atomic E-state index is -1.00. The number of anilines is 1. The SMILES string of the molecule is Cc1cc(NC(C)c2cccc(Cl)c2)c(C(=O)O)cn1. The third-order valence-electron chi connectivity index (χ3n) is 2.99. The predicted octanol–water partition coefficient (Wildman–Crippen LogP) is 3.91. The van der Waals surface area contributed by atoms with Crippen molar-refractivity contribution in [2.45, 2.75) is 19.9 Å². The van der Waals surface area contributed by atoms with Gasteiger partial charge in [0.05, 0.1) is 5.69 Å². The van der Waals surface area contributed by atoms with E-state index in [1.54, 1.807) is 12.1 Å². The molecule has 2 aromatic rings. The van der Waals surface area contributed by atoms with Gasteiger partial charge in [-0.3, -0.25) is 4.98 Å². The lowest BCUT2D eigenvalue weighted by atomic mass is 10.1. The monoisotopic (exact) mass is 290 g/mol. The molecule has 0 aliphatic heterocycles. The summed E-state index contributed by atoms with van der Waals surface area (Å²) in [5.74, 6) is -1.00. The number of hydrogen-bond donors (Lipinski definition) is 2. The Balaban J connectivity index is 2.29. The summed E-state index contributed by atoms with van der Waals surface area (Å²) < 4.78 is 0. The first-order valence-electron chi connectivity index (χ1n) is 6.19. The summed E-state index contributed by atoms with van der Waals surface area (Å²) in [4.78, 5) is 15.2. The molecule has 0 aliphatic carbocycles. The van der Waals surface area contributed by atoms with Gasteiger partial charge in [0.2, 0.25) is 0 Å². The van der Waals surface area contributed by atoms with E-state index in [-0.39, 0.29) is 11.6 Å². The first-order chi connectivity index (χ1) is 9.47. The average molecular weight is 291 g/mol. The second-order valence-corrected chi connectivity index (χ2v) is 5.03. The van der Waals surface area contributed by atoms with E-state index in [9.17, 15) is 9.90 Å². The maximum atomic E-state index is 11.2. The number of pyridine rings is 1. The molecule has 0 saturated carbocycles. The highest BCUT2D eigenvalue weighted by atomic mass is 35.5. The fraction of sp³-hybridized carbons (Fsp3) is 0.200. The zero-order chi connectivity index (χ0) is 14.7. The van der Waals surface area contributed by atoms with Crippen LogP contribution in [0.2, 0.25) is 5.02 Å². The van der Waals surface area contributed by atoms with Crippen LogP contribution in [0.5, 0.6) is 0 Å². The Bertz CT molecular complexity index is 644. The fourth-order valence-electron chi connectivity index (χ4n) is 1.94. The normalized spacial score (nSPS) is 11.9. The highest BCUT2D eigenvalue weighted by Gasteiger charge is 2.14. The highest BCUT2D eigenvalue weighted by Crippen LogP contribution is 2.24. The van der Waals surface area contributed by atoms with E-state index in [0.29, 0.717) is 10.7 Å². The molecule has 1 aromatic heterocycles. The molecule has 0 spiro atoms. The Kier molecular flexibility index (Phi) is 4.25. The Morgan fingerprint density at radius 2 is 2.15 bits per heavy atom. The van der Waals surface area contributed by atoms with Gasteiger partial charge in [0.1, 0.15) is 5.56 Å². The second kappa shape index (κ2) is 5.92. The Morgan fingerprint density at radius 3 is 2.80 bits per heavy atom. The van der Waals surface area contributed by atoms with Crippen LogP contribution in [0.4, 0.5) is 5.69 Å². The predicted molar refractivity (Wildman–Crippen MR) is 79.4 cm³/mol. The van der Waals surface area contributed by atoms with Crippen molar-refractivity contribution in [1.82, 2.24) is 4.98 Å². The largest absolute Gasteiger partial charge is 0.478 e. The maximum absolute atomic E-state index is 11.2. The van der Waals surface area contributed by atoms with Gasteiger partial charge in [-0.1, -0.05) is 23.7 Å². The third kappa shape index (κ3) is 3.27. The van der Waals surface area contributed by atoms with E-state index in [4.69, 9.17) is 11.6 Å². The fourth-order valence-corrected chi connectivity index (χ4v) is 2.14. The van der Waals surface area contributed by atoms with Crippen LogP contribution in [0.15, 0.2) is 36.5 Å². The maximum Gasteiger partial charge on any atom is 0.339 e. The van der Waals surface area contributed by atoms with E-state index in [1.165, 1.54) is 6.20 Å². The van der Waals surface area contributed by atoms with E-state index >= 15 is 0 Å². The molecule has 0 aliphatic rings. The summed E-state index contributed by atoms with van der Waals surface area (Å²) in [7, 11) is 0. The zero-order valence-electron chi connectivity index (χ0n) is 11.2. The van der Waals surface area contributed by atoms with Gasteiger partial charge in [-0.2, -0.15) is 0 Å². The van der Waals surface area contributed by atoms with Crippen molar-refractivity contribution >= 4 is 23.3 Å². The molecular weight excluding hydrogens is 276 g/mol. The molecule has 0 saturated heterocycles. The van der Waals surface area contributed by atoms with Gasteiger partial charge in [0.15, 0.2) is 0 Å². The molecule has 1 unspecified atom stereocenters. The van der Waals surface area contributed by atoms with Gasteiger partial charge < -0.3 is 10.4 Å². The summed E-state index contributed by atoms with van der Waals surface area (Å²) in [5, 5.41) is 13.0. The number of rotatable bonds is 4. The van der Waals surface area contributed by atoms with Gasteiger partial charge >= 0.3 is 5.97 Å². The number of benzene rings is 1. The van der Waals surface area contributed by atoms with Crippen LogP contribution in [-0.2, 0) is 0 Å². The van der Waals surface area contributed by atoms with Gasteiger partial charge in [-0.25, -0.2) is 4.79 Å². The highest BCUT2D eigenvalue weighted by molar-refractivity contribution is 6.30. The first-order valence-corrected chi connectivity index (χ1v) is 6.57. The summed E-state index contributed by atoms with van der Waals surface area (Å²) in [6.45, 7) is 3.77. The van der Waals surface area contributed by atoms with Crippen molar-refractivity contribution < 1.29 is 9.90 Å². The number of carboxylic acid groups (broad SMARTS) is 1. The first kappa shape index (κ1) is 14.3. The second-order valence-electron chi connectivity index (χ2n) is 4.60. The third-order valence-corrected chi connectivity index (χ3v) is 3.23. The number of aromatic carboxylic acids is 1. The van der Waals surface area contributed by atoms with Crippen molar-refractivity contribution in [3.63, 3.8) is 0 Å². The summed E-state index contributed by atoms with van der Waals surface area (Å²) in [6.07, 6.45) is 1.37. The van der Waals surface area contributed by atoms with Crippen LogP contribution in [0.1, 0.15) is 34.6 Å². The zero-order valence-corrected chi connectivity index (χ0v) is 12.0. The average Bonchev–Trinajstić information content (AvgIpc) is 2.38. The van der Waals surface area contributed by atoms with Crippen molar-refractivity contribution in [2.24, 2.45) is 0 Å². The Labute approximate surface area is 122 Å². The van der Waals surface area contributed by atoms with Crippen molar-refractivity contribution in [3.8, 4) is 0 Å². The molecule has 0 amide bonds. The van der Waals surface area contributed by atoms with Crippen LogP contribution in [0.3, 0.4) is 0 Å². The van der Waals surface area contributed by atoms with Crippen LogP contribution >= 0.6 is 11.6 Å². The molecule has 1 atom stereocenters. The van der Waals surface area contributed by atoms with Crippen molar-refractivity contribution in [2.75, 3.05) is 5.32 Å². The van der Waals surface area contributed by atoms with Gasteiger partial charge in [0.25, 0.3) is 0 Å². The lowest BCUT2D eigenvalue weighted by Crippen LogP contribution is -2.11. The van der Waals surface area contributed by atoms with Crippen LogP contribution in [0.25, 0.3) is 0 Å². The summed E-state index contributed by atoms with van der Waals surface area (Å²) >= 11 is 5.97. The Hall–Kier alpha value is -2.07. The number of carboxylic acids is 1. The molecule has 5 heteroatoms. The van der Waals surface area contributed by atoms with Gasteiger partial charge in [-0.15, -0.1) is 0 Å². The van der Waals surface area contributed by atoms with E-state index < -0.39 is 5.97 Å². The number of halogens is 1. The van der Waals surface area contributed by atoms with E-state index in [0.717, 1.165) is 11.3 Å². The van der Waals surface area contributed by atoms with Gasteiger partial charge in [0, 0.05) is 23.0 Å².